The van der Waals surface area contributed by atoms with Crippen molar-refractivity contribution in [1.82, 2.24) is 0 Å². The molecule has 6 heteroatoms. The number of carbonyl (C=O) groups is 1. The third kappa shape index (κ3) is 3.66. The number of benzene rings is 1. The summed E-state index contributed by atoms with van der Waals surface area (Å²) in [5.41, 5.74) is 1.45. The fraction of sp³-hybridized carbons (Fsp3) is 0.417. The first-order valence-corrected chi connectivity index (χ1v) is 6.43. The highest BCUT2D eigenvalue weighted by molar-refractivity contribution is 9.08. The monoisotopic (exact) mass is 322 g/mol. The Bertz CT molecular complexity index is 436. The van der Waals surface area contributed by atoms with Crippen LogP contribution in [0.5, 0.6) is 5.75 Å². The predicted octanol–water partition coefficient (Wildman–Crippen LogP) is 3.67. The molecule has 0 bridgehead atoms. The lowest BCUT2D eigenvalue weighted by molar-refractivity contribution is -0.0504. The minimum atomic E-state index is -2.93. The van der Waals surface area contributed by atoms with Crippen LogP contribution in [0.4, 0.5) is 8.78 Å². The second-order valence-electron chi connectivity index (χ2n) is 3.51. The zero-order valence-corrected chi connectivity index (χ0v) is 11.6. The number of rotatable bonds is 5. The molecule has 0 saturated heterocycles. The number of aryl methyl sites for hydroxylation is 1. The van der Waals surface area contributed by atoms with E-state index in [9.17, 15) is 13.6 Å². The molecule has 0 aliphatic heterocycles. The Labute approximate surface area is 112 Å². The van der Waals surface area contributed by atoms with Gasteiger partial charge in [-0.15, -0.1) is 0 Å². The predicted molar refractivity (Wildman–Crippen MR) is 66.4 cm³/mol. The van der Waals surface area contributed by atoms with Gasteiger partial charge in [0.2, 0.25) is 0 Å². The zero-order valence-electron chi connectivity index (χ0n) is 10.0. The van der Waals surface area contributed by atoms with Crippen LogP contribution in [-0.4, -0.2) is 19.2 Å². The van der Waals surface area contributed by atoms with Gasteiger partial charge in [0.15, 0.2) is 0 Å². The highest BCUT2D eigenvalue weighted by Crippen LogP contribution is 2.27. The zero-order chi connectivity index (χ0) is 13.7. The first-order valence-electron chi connectivity index (χ1n) is 5.31. The summed E-state index contributed by atoms with van der Waals surface area (Å²) in [5, 5.41) is 0.360. The largest absolute Gasteiger partial charge is 0.462 e. The van der Waals surface area contributed by atoms with Gasteiger partial charge < -0.3 is 9.47 Å². The maximum atomic E-state index is 12.3. The topological polar surface area (TPSA) is 35.5 Å². The Morgan fingerprint density at radius 2 is 2.11 bits per heavy atom. The summed E-state index contributed by atoms with van der Waals surface area (Å²) in [4.78, 5) is 11.6. The lowest BCUT2D eigenvalue weighted by Crippen LogP contribution is -2.10. The highest BCUT2D eigenvalue weighted by atomic mass is 79.9. The van der Waals surface area contributed by atoms with Crippen molar-refractivity contribution >= 4 is 21.9 Å². The van der Waals surface area contributed by atoms with E-state index in [0.717, 1.165) is 0 Å². The molecule has 0 aliphatic carbocycles. The second kappa shape index (κ2) is 6.68. The highest BCUT2D eigenvalue weighted by Gasteiger charge is 2.16. The molecule has 0 amide bonds. The van der Waals surface area contributed by atoms with Gasteiger partial charge in [-0.25, -0.2) is 4.79 Å². The van der Waals surface area contributed by atoms with Gasteiger partial charge in [0.25, 0.3) is 0 Å². The van der Waals surface area contributed by atoms with E-state index in [1.54, 1.807) is 19.9 Å². The number of carbonyl (C=O) groups excluding carboxylic acids is 1. The van der Waals surface area contributed by atoms with Crippen molar-refractivity contribution in [3.8, 4) is 5.75 Å². The summed E-state index contributed by atoms with van der Waals surface area (Å²) < 4.78 is 33.8. The third-order valence-electron chi connectivity index (χ3n) is 2.26. The van der Waals surface area contributed by atoms with Crippen LogP contribution >= 0.6 is 15.9 Å². The molecule has 0 fully saturated rings. The van der Waals surface area contributed by atoms with E-state index in [0.29, 0.717) is 16.5 Å². The molecule has 3 nitrogen and oxygen atoms in total. The maximum absolute atomic E-state index is 12.3. The van der Waals surface area contributed by atoms with Gasteiger partial charge in [0.05, 0.1) is 12.2 Å². The van der Waals surface area contributed by atoms with Crippen molar-refractivity contribution in [3.05, 3.63) is 28.8 Å². The average Bonchev–Trinajstić information content (AvgIpc) is 2.30. The summed E-state index contributed by atoms with van der Waals surface area (Å²) in [6.45, 7) is 0.686. The molecule has 18 heavy (non-hydrogen) atoms. The van der Waals surface area contributed by atoms with E-state index in [-0.39, 0.29) is 17.9 Å². The molecule has 0 atom stereocenters. The average molecular weight is 323 g/mol. The van der Waals surface area contributed by atoms with E-state index >= 15 is 0 Å². The Morgan fingerprint density at radius 1 is 1.44 bits per heavy atom. The molecule has 0 unspecified atom stereocenters. The number of hydrogen-bond acceptors (Lipinski definition) is 3. The van der Waals surface area contributed by atoms with Crippen LogP contribution in [-0.2, 0) is 10.1 Å². The number of esters is 1. The Kier molecular flexibility index (Phi) is 5.53. The molecule has 1 rings (SSSR count). The molecule has 0 heterocycles. The SMILES string of the molecule is CCOC(=O)c1cc(OC(F)F)c(CBr)cc1C. The van der Waals surface area contributed by atoms with Crippen LogP contribution in [0.1, 0.15) is 28.4 Å². The maximum Gasteiger partial charge on any atom is 0.387 e. The van der Waals surface area contributed by atoms with Crippen molar-refractivity contribution in [2.45, 2.75) is 25.8 Å². The lowest BCUT2D eigenvalue weighted by atomic mass is 10.0. The molecule has 0 aromatic heterocycles. The third-order valence-corrected chi connectivity index (χ3v) is 2.87. The first-order chi connectivity index (χ1) is 8.49. The molecule has 0 radical (unpaired) electrons. The van der Waals surface area contributed by atoms with Gasteiger partial charge in [-0.05, 0) is 25.5 Å². The van der Waals surface area contributed by atoms with Gasteiger partial charge >= 0.3 is 12.6 Å². The van der Waals surface area contributed by atoms with Crippen LogP contribution < -0.4 is 4.74 Å². The molecule has 100 valence electrons. The van der Waals surface area contributed by atoms with Crippen LogP contribution in [0.15, 0.2) is 12.1 Å². The minimum Gasteiger partial charge on any atom is -0.462 e. The van der Waals surface area contributed by atoms with Crippen LogP contribution in [0.2, 0.25) is 0 Å². The summed E-state index contributed by atoms with van der Waals surface area (Å²) in [5.74, 6) is -0.564. The van der Waals surface area contributed by atoms with Crippen molar-refractivity contribution in [3.63, 3.8) is 0 Å². The van der Waals surface area contributed by atoms with Crippen LogP contribution in [0.25, 0.3) is 0 Å². The molecular formula is C12H13BrF2O3. The lowest BCUT2D eigenvalue weighted by Gasteiger charge is -2.13. The standard InChI is InChI=1S/C12H13BrF2O3/c1-3-17-11(16)9-5-10(18-12(14)15)8(6-13)4-7(9)2/h4-5,12H,3,6H2,1-2H3. The van der Waals surface area contributed by atoms with Gasteiger partial charge in [-0.3, -0.25) is 0 Å². The number of halogens is 3. The molecule has 0 saturated carbocycles. The van der Waals surface area contributed by atoms with E-state index in [1.807, 2.05) is 0 Å². The van der Waals surface area contributed by atoms with E-state index in [1.165, 1.54) is 6.07 Å². The summed E-state index contributed by atoms with van der Waals surface area (Å²) in [7, 11) is 0. The van der Waals surface area contributed by atoms with Crippen LogP contribution in [0.3, 0.4) is 0 Å². The summed E-state index contributed by atoms with van der Waals surface area (Å²) >= 11 is 3.18. The quantitative estimate of drug-likeness (QED) is 0.613. The van der Waals surface area contributed by atoms with Crippen molar-refractivity contribution in [2.75, 3.05) is 6.61 Å². The summed E-state index contributed by atoms with van der Waals surface area (Å²) in [6.07, 6.45) is 0. The fourth-order valence-electron chi connectivity index (χ4n) is 1.49. The molecule has 0 aliphatic rings. The van der Waals surface area contributed by atoms with E-state index in [2.05, 4.69) is 20.7 Å². The molecule has 1 aromatic carbocycles. The van der Waals surface area contributed by atoms with Crippen molar-refractivity contribution < 1.29 is 23.0 Å². The Balaban J connectivity index is 3.16. The van der Waals surface area contributed by atoms with Gasteiger partial charge in [0, 0.05) is 10.9 Å². The Morgan fingerprint density at radius 3 is 2.61 bits per heavy atom. The van der Waals surface area contributed by atoms with Gasteiger partial charge in [-0.1, -0.05) is 22.0 Å². The molecule has 1 aromatic rings. The number of ether oxygens (including phenoxy) is 2. The van der Waals surface area contributed by atoms with Gasteiger partial charge in [-0.2, -0.15) is 8.78 Å². The smallest absolute Gasteiger partial charge is 0.387 e. The van der Waals surface area contributed by atoms with E-state index in [4.69, 9.17) is 4.74 Å². The fourth-order valence-corrected chi connectivity index (χ4v) is 1.92. The normalized spacial score (nSPS) is 10.6. The Hall–Kier alpha value is -1.17. The number of hydrogen-bond donors (Lipinski definition) is 0. The minimum absolute atomic E-state index is 0.0180. The molecular weight excluding hydrogens is 310 g/mol. The van der Waals surface area contributed by atoms with Gasteiger partial charge in [0.1, 0.15) is 5.75 Å². The van der Waals surface area contributed by atoms with Crippen molar-refractivity contribution in [2.24, 2.45) is 0 Å². The first kappa shape index (κ1) is 14.9. The molecule has 0 N–H and O–H groups in total. The van der Waals surface area contributed by atoms with Crippen molar-refractivity contribution in [1.29, 1.82) is 0 Å². The molecule has 0 spiro atoms. The number of alkyl halides is 3. The van der Waals surface area contributed by atoms with Crippen LogP contribution in [0, 0.1) is 6.92 Å². The van der Waals surface area contributed by atoms with E-state index < -0.39 is 12.6 Å². The second-order valence-corrected chi connectivity index (χ2v) is 4.07. The summed E-state index contributed by atoms with van der Waals surface area (Å²) in [6, 6.07) is 2.91.